The maximum atomic E-state index is 11.3. The average molecular weight is 383 g/mol. The van der Waals surface area contributed by atoms with Gasteiger partial charge in [-0.2, -0.15) is 0 Å². The van der Waals surface area contributed by atoms with Crippen LogP contribution in [0.25, 0.3) is 0 Å². The summed E-state index contributed by atoms with van der Waals surface area (Å²) >= 11 is 0. The zero-order chi connectivity index (χ0) is 19.7. The van der Waals surface area contributed by atoms with E-state index in [0.717, 1.165) is 0 Å². The SMILES string of the molecule is COCCOCCOCCOc1ccnc(C2=NC(C)(C(=O)O)CN2)c1O. The maximum Gasteiger partial charge on any atom is 0.333 e. The number of pyridine rings is 1. The van der Waals surface area contributed by atoms with Crippen LogP contribution in [0.4, 0.5) is 0 Å². The van der Waals surface area contributed by atoms with Gasteiger partial charge in [-0.25, -0.2) is 14.8 Å². The molecule has 10 nitrogen and oxygen atoms in total. The highest BCUT2D eigenvalue weighted by Gasteiger charge is 2.38. The van der Waals surface area contributed by atoms with Crippen molar-refractivity contribution in [2.24, 2.45) is 4.99 Å². The van der Waals surface area contributed by atoms with Gasteiger partial charge in [0.1, 0.15) is 6.61 Å². The summed E-state index contributed by atoms with van der Waals surface area (Å²) in [6, 6.07) is 1.51. The van der Waals surface area contributed by atoms with Gasteiger partial charge in [0.2, 0.25) is 0 Å². The Balaban J connectivity index is 1.83. The highest BCUT2D eigenvalue weighted by Crippen LogP contribution is 2.30. The van der Waals surface area contributed by atoms with Crippen molar-refractivity contribution in [2.45, 2.75) is 12.5 Å². The highest BCUT2D eigenvalue weighted by molar-refractivity contribution is 6.03. The second kappa shape index (κ2) is 10.0. The smallest absolute Gasteiger partial charge is 0.333 e. The fraction of sp³-hybridized carbons (Fsp3) is 0.588. The van der Waals surface area contributed by atoms with Gasteiger partial charge in [0.25, 0.3) is 0 Å². The molecule has 1 atom stereocenters. The number of carbonyl (C=O) groups is 1. The van der Waals surface area contributed by atoms with E-state index >= 15 is 0 Å². The van der Waals surface area contributed by atoms with Crippen LogP contribution in [0.3, 0.4) is 0 Å². The van der Waals surface area contributed by atoms with Crippen LogP contribution in [-0.4, -0.2) is 85.8 Å². The van der Waals surface area contributed by atoms with Gasteiger partial charge in [-0.1, -0.05) is 0 Å². The molecule has 2 heterocycles. The molecule has 0 radical (unpaired) electrons. The van der Waals surface area contributed by atoms with Crippen molar-refractivity contribution < 1.29 is 34.0 Å². The quantitative estimate of drug-likeness (QED) is 0.428. The minimum Gasteiger partial charge on any atom is -0.503 e. The molecule has 0 saturated carbocycles. The molecule has 27 heavy (non-hydrogen) atoms. The third-order valence-corrected chi connectivity index (χ3v) is 3.82. The first kappa shape index (κ1) is 20.9. The predicted molar refractivity (Wildman–Crippen MR) is 95.5 cm³/mol. The summed E-state index contributed by atoms with van der Waals surface area (Å²) < 4.78 is 21.0. The lowest BCUT2D eigenvalue weighted by Crippen LogP contribution is -2.37. The zero-order valence-corrected chi connectivity index (χ0v) is 15.4. The fourth-order valence-electron chi connectivity index (χ4n) is 2.24. The number of nitrogens with zero attached hydrogens (tertiary/aromatic N) is 2. The lowest BCUT2D eigenvalue weighted by atomic mass is 10.1. The molecule has 3 N–H and O–H groups in total. The molecular weight excluding hydrogens is 358 g/mol. The Bertz CT molecular complexity index is 668. The van der Waals surface area contributed by atoms with E-state index in [-0.39, 0.29) is 36.2 Å². The first-order valence-electron chi connectivity index (χ1n) is 8.50. The van der Waals surface area contributed by atoms with E-state index in [4.69, 9.17) is 18.9 Å². The standard InChI is InChI=1S/C17H25N3O7/c1-17(16(22)23)11-19-15(20-17)13-14(21)12(3-4-18-13)27-10-9-26-8-7-25-6-5-24-2/h3-4,21H,5-11H2,1-2H3,(H,19,20)(H,22,23). The molecule has 2 rings (SSSR count). The summed E-state index contributed by atoms with van der Waals surface area (Å²) in [5.41, 5.74) is -1.15. The van der Waals surface area contributed by atoms with Gasteiger partial charge in [-0.15, -0.1) is 0 Å². The number of aliphatic imine (C=N–C) groups is 1. The molecular formula is C17H25N3O7. The van der Waals surface area contributed by atoms with Gasteiger partial charge in [0.05, 0.1) is 39.6 Å². The number of aromatic nitrogens is 1. The van der Waals surface area contributed by atoms with Crippen molar-refractivity contribution in [3.8, 4) is 11.5 Å². The topological polar surface area (TPSA) is 132 Å². The molecule has 10 heteroatoms. The second-order valence-corrected chi connectivity index (χ2v) is 5.97. The molecule has 1 aromatic heterocycles. The van der Waals surface area contributed by atoms with E-state index in [0.29, 0.717) is 33.0 Å². The summed E-state index contributed by atoms with van der Waals surface area (Å²) in [6.07, 6.45) is 1.45. The predicted octanol–water partition coefficient (Wildman–Crippen LogP) is 0.0387. The number of ether oxygens (including phenoxy) is 4. The monoisotopic (exact) mass is 383 g/mol. The molecule has 0 saturated heterocycles. The van der Waals surface area contributed by atoms with Crippen molar-refractivity contribution in [3.63, 3.8) is 0 Å². The molecule has 1 aliphatic heterocycles. The van der Waals surface area contributed by atoms with Gasteiger partial charge < -0.3 is 34.5 Å². The number of amidine groups is 1. The maximum absolute atomic E-state index is 11.3. The Morgan fingerprint density at radius 3 is 2.52 bits per heavy atom. The van der Waals surface area contributed by atoms with Crippen LogP contribution < -0.4 is 10.1 Å². The summed E-state index contributed by atoms with van der Waals surface area (Å²) in [7, 11) is 1.61. The lowest BCUT2D eigenvalue weighted by molar-refractivity contribution is -0.141. The fourth-order valence-corrected chi connectivity index (χ4v) is 2.24. The van der Waals surface area contributed by atoms with Crippen LogP contribution in [0.2, 0.25) is 0 Å². The third kappa shape index (κ3) is 5.78. The lowest BCUT2D eigenvalue weighted by Gasteiger charge is -2.11. The van der Waals surface area contributed by atoms with Gasteiger partial charge in [-0.3, -0.25) is 0 Å². The Morgan fingerprint density at radius 2 is 1.89 bits per heavy atom. The molecule has 1 aromatic rings. The van der Waals surface area contributed by atoms with Crippen molar-refractivity contribution in [1.29, 1.82) is 0 Å². The summed E-state index contributed by atoms with van der Waals surface area (Å²) in [4.78, 5) is 19.5. The number of rotatable bonds is 12. The van der Waals surface area contributed by atoms with Crippen molar-refractivity contribution in [2.75, 3.05) is 53.3 Å². The number of carboxylic acid groups (broad SMARTS) is 1. The van der Waals surface area contributed by atoms with E-state index in [1.165, 1.54) is 19.2 Å². The average Bonchev–Trinajstić information content (AvgIpc) is 3.05. The third-order valence-electron chi connectivity index (χ3n) is 3.82. The number of aromatic hydroxyl groups is 1. The van der Waals surface area contributed by atoms with Crippen LogP contribution in [0, 0.1) is 0 Å². The number of methoxy groups -OCH3 is 1. The normalized spacial score (nSPS) is 18.8. The van der Waals surface area contributed by atoms with Gasteiger partial charge in [-0.05, 0) is 6.92 Å². The zero-order valence-electron chi connectivity index (χ0n) is 15.4. The Hall–Kier alpha value is -2.43. The molecule has 0 bridgehead atoms. The first-order valence-corrected chi connectivity index (χ1v) is 8.50. The molecule has 0 aromatic carbocycles. The van der Waals surface area contributed by atoms with E-state index in [9.17, 15) is 15.0 Å². The summed E-state index contributed by atoms with van der Waals surface area (Å²) in [5.74, 6) is -0.831. The van der Waals surface area contributed by atoms with E-state index in [1.807, 2.05) is 0 Å². The summed E-state index contributed by atoms with van der Waals surface area (Å²) in [5, 5.41) is 22.4. The van der Waals surface area contributed by atoms with E-state index in [2.05, 4.69) is 15.3 Å². The molecule has 1 unspecified atom stereocenters. The largest absolute Gasteiger partial charge is 0.503 e. The molecule has 0 aliphatic carbocycles. The minimum atomic E-state index is -1.29. The van der Waals surface area contributed by atoms with E-state index in [1.54, 1.807) is 7.11 Å². The van der Waals surface area contributed by atoms with Crippen LogP contribution in [0.15, 0.2) is 17.3 Å². The number of carboxylic acids is 1. The minimum absolute atomic E-state index is 0.115. The molecule has 150 valence electrons. The van der Waals surface area contributed by atoms with Crippen LogP contribution in [-0.2, 0) is 19.0 Å². The number of hydrogen-bond donors (Lipinski definition) is 3. The van der Waals surface area contributed by atoms with Crippen LogP contribution >= 0.6 is 0 Å². The molecule has 1 aliphatic rings. The summed E-state index contributed by atoms with van der Waals surface area (Å²) in [6.45, 7) is 4.09. The van der Waals surface area contributed by atoms with Gasteiger partial charge >= 0.3 is 5.97 Å². The molecule has 0 fully saturated rings. The van der Waals surface area contributed by atoms with Crippen molar-refractivity contribution in [3.05, 3.63) is 18.0 Å². The Kier molecular flexibility index (Phi) is 7.77. The van der Waals surface area contributed by atoms with Crippen LogP contribution in [0.1, 0.15) is 12.6 Å². The van der Waals surface area contributed by atoms with Crippen LogP contribution in [0.5, 0.6) is 11.5 Å². The Labute approximate surface area is 157 Å². The highest BCUT2D eigenvalue weighted by atomic mass is 16.6. The van der Waals surface area contributed by atoms with Gasteiger partial charge in [0.15, 0.2) is 28.6 Å². The molecule has 0 amide bonds. The second-order valence-electron chi connectivity index (χ2n) is 5.97. The van der Waals surface area contributed by atoms with Crippen molar-refractivity contribution >= 4 is 11.8 Å². The van der Waals surface area contributed by atoms with Gasteiger partial charge in [0, 0.05) is 19.4 Å². The Morgan fingerprint density at radius 1 is 1.22 bits per heavy atom. The number of nitrogens with one attached hydrogen (secondary N) is 1. The number of aliphatic carboxylic acids is 1. The van der Waals surface area contributed by atoms with Crippen molar-refractivity contribution in [1.82, 2.24) is 10.3 Å². The van der Waals surface area contributed by atoms with E-state index < -0.39 is 11.5 Å². The number of hydrogen-bond acceptors (Lipinski definition) is 9. The first-order chi connectivity index (χ1) is 13.0. The molecule has 0 spiro atoms.